The maximum Gasteiger partial charge on any atom is 0.236 e. The predicted molar refractivity (Wildman–Crippen MR) is 110 cm³/mol. The van der Waals surface area contributed by atoms with Gasteiger partial charge in [0.1, 0.15) is 12.4 Å². The fourth-order valence-electron chi connectivity index (χ4n) is 3.25. The number of piperazine rings is 1. The monoisotopic (exact) mass is 425 g/mol. The van der Waals surface area contributed by atoms with E-state index in [2.05, 4.69) is 10.2 Å². The maximum atomic E-state index is 13.6. The van der Waals surface area contributed by atoms with Crippen molar-refractivity contribution in [2.45, 2.75) is 6.04 Å². The molecule has 0 aliphatic carbocycles. The highest BCUT2D eigenvalue weighted by Gasteiger charge is 2.26. The summed E-state index contributed by atoms with van der Waals surface area (Å²) in [6.45, 7) is 2.93. The summed E-state index contributed by atoms with van der Waals surface area (Å²) in [5.41, 5.74) is 0.852. The molecule has 1 aliphatic heterocycles. The van der Waals surface area contributed by atoms with E-state index >= 15 is 0 Å². The molecular formula is C21H26ClF2N3O2. The summed E-state index contributed by atoms with van der Waals surface area (Å²) in [7, 11) is 1.70. The topological polar surface area (TPSA) is 44.8 Å². The third-order valence-electron chi connectivity index (χ3n) is 4.87. The Bertz CT molecular complexity index is 809. The van der Waals surface area contributed by atoms with Gasteiger partial charge in [0.15, 0.2) is 11.6 Å². The number of likely N-dealkylation sites (N-methyl/N-ethyl adjacent to an activating group) is 1. The van der Waals surface area contributed by atoms with E-state index < -0.39 is 5.82 Å². The molecule has 0 bridgehead atoms. The summed E-state index contributed by atoms with van der Waals surface area (Å²) >= 11 is 0. The van der Waals surface area contributed by atoms with Gasteiger partial charge in [-0.05, 0) is 29.8 Å². The molecule has 5 nitrogen and oxygen atoms in total. The third kappa shape index (κ3) is 6.39. The van der Waals surface area contributed by atoms with Gasteiger partial charge in [0.05, 0.1) is 13.1 Å². The lowest BCUT2D eigenvalue weighted by Crippen LogP contribution is -2.50. The Morgan fingerprint density at radius 1 is 1.24 bits per heavy atom. The fourth-order valence-corrected chi connectivity index (χ4v) is 3.25. The van der Waals surface area contributed by atoms with Crippen molar-refractivity contribution in [2.24, 2.45) is 0 Å². The maximum absolute atomic E-state index is 13.6. The highest BCUT2D eigenvalue weighted by atomic mass is 35.5. The van der Waals surface area contributed by atoms with E-state index in [1.807, 2.05) is 6.07 Å². The van der Waals surface area contributed by atoms with Gasteiger partial charge in [0, 0.05) is 32.7 Å². The standard InChI is InChI=1S/C21H25F2N3O2.ClH/c1-25(11-12-28-20-8-3-2-7-18(20)23)21(27)15-26-10-9-24-14-19(26)16-5-4-6-17(22)13-16;/h2-8,13,19,24H,9-12,14-15H2,1H3;1H. The number of amides is 1. The molecule has 2 aromatic carbocycles. The van der Waals surface area contributed by atoms with Crippen molar-refractivity contribution in [1.29, 1.82) is 0 Å². The van der Waals surface area contributed by atoms with Crippen LogP contribution in [0, 0.1) is 11.6 Å². The minimum absolute atomic E-state index is 0. The largest absolute Gasteiger partial charge is 0.489 e. The van der Waals surface area contributed by atoms with E-state index in [-0.39, 0.29) is 49.1 Å². The molecule has 3 rings (SSSR count). The summed E-state index contributed by atoms with van der Waals surface area (Å²) in [5.74, 6) is -0.580. The van der Waals surface area contributed by atoms with Crippen LogP contribution in [0.1, 0.15) is 11.6 Å². The number of nitrogens with zero attached hydrogens (tertiary/aromatic N) is 2. The molecule has 1 N–H and O–H groups in total. The third-order valence-corrected chi connectivity index (χ3v) is 4.87. The first-order valence-corrected chi connectivity index (χ1v) is 9.36. The summed E-state index contributed by atoms with van der Waals surface area (Å²) in [4.78, 5) is 16.3. The van der Waals surface area contributed by atoms with Gasteiger partial charge < -0.3 is 15.0 Å². The van der Waals surface area contributed by atoms with Crippen LogP contribution < -0.4 is 10.1 Å². The lowest BCUT2D eigenvalue weighted by Gasteiger charge is -2.36. The first-order chi connectivity index (χ1) is 13.5. The number of carbonyl (C=O) groups excluding carboxylic acids is 1. The average molecular weight is 426 g/mol. The van der Waals surface area contributed by atoms with Crippen LogP contribution in [-0.2, 0) is 4.79 Å². The molecular weight excluding hydrogens is 400 g/mol. The molecule has 0 spiro atoms. The molecule has 1 saturated heterocycles. The Balaban J connectivity index is 0.00000300. The van der Waals surface area contributed by atoms with Gasteiger partial charge in [-0.25, -0.2) is 8.78 Å². The second kappa shape index (κ2) is 11.1. The molecule has 0 radical (unpaired) electrons. The van der Waals surface area contributed by atoms with Crippen molar-refractivity contribution >= 4 is 18.3 Å². The lowest BCUT2D eigenvalue weighted by atomic mass is 10.0. The number of para-hydroxylation sites is 1. The first-order valence-electron chi connectivity index (χ1n) is 9.36. The number of hydrogen-bond donors (Lipinski definition) is 1. The Morgan fingerprint density at radius 2 is 2.03 bits per heavy atom. The van der Waals surface area contributed by atoms with Crippen molar-refractivity contribution in [3.63, 3.8) is 0 Å². The Labute approximate surface area is 176 Å². The Kier molecular flexibility index (Phi) is 8.82. The van der Waals surface area contributed by atoms with Crippen molar-refractivity contribution in [3.05, 3.63) is 65.7 Å². The van der Waals surface area contributed by atoms with E-state index in [1.165, 1.54) is 18.2 Å². The van der Waals surface area contributed by atoms with Crippen LogP contribution in [0.15, 0.2) is 48.5 Å². The summed E-state index contributed by atoms with van der Waals surface area (Å²) in [6, 6.07) is 12.6. The van der Waals surface area contributed by atoms with Crippen LogP contribution in [0.5, 0.6) is 5.75 Å². The zero-order chi connectivity index (χ0) is 19.9. The van der Waals surface area contributed by atoms with Gasteiger partial charge in [-0.3, -0.25) is 9.69 Å². The number of hydrogen-bond acceptors (Lipinski definition) is 4. The molecule has 1 unspecified atom stereocenters. The van der Waals surface area contributed by atoms with E-state index in [4.69, 9.17) is 4.74 Å². The zero-order valence-electron chi connectivity index (χ0n) is 16.3. The molecule has 1 atom stereocenters. The number of ether oxygens (including phenoxy) is 1. The van der Waals surface area contributed by atoms with Crippen LogP contribution in [0.2, 0.25) is 0 Å². The van der Waals surface area contributed by atoms with Gasteiger partial charge in [-0.2, -0.15) is 0 Å². The molecule has 8 heteroatoms. The number of nitrogens with one attached hydrogen (secondary N) is 1. The van der Waals surface area contributed by atoms with Gasteiger partial charge in [0.2, 0.25) is 5.91 Å². The quantitative estimate of drug-likeness (QED) is 0.741. The zero-order valence-corrected chi connectivity index (χ0v) is 17.1. The van der Waals surface area contributed by atoms with Crippen molar-refractivity contribution in [3.8, 4) is 5.75 Å². The highest BCUT2D eigenvalue weighted by Crippen LogP contribution is 2.22. The minimum Gasteiger partial charge on any atom is -0.489 e. The molecule has 1 amide bonds. The number of rotatable bonds is 7. The van der Waals surface area contributed by atoms with Gasteiger partial charge >= 0.3 is 0 Å². The van der Waals surface area contributed by atoms with Crippen LogP contribution in [0.25, 0.3) is 0 Å². The number of benzene rings is 2. The van der Waals surface area contributed by atoms with Gasteiger partial charge in [0.25, 0.3) is 0 Å². The molecule has 1 fully saturated rings. The van der Waals surface area contributed by atoms with Gasteiger partial charge in [-0.15, -0.1) is 12.4 Å². The smallest absolute Gasteiger partial charge is 0.236 e. The van der Waals surface area contributed by atoms with E-state index in [0.717, 1.165) is 12.1 Å². The van der Waals surface area contributed by atoms with E-state index in [1.54, 1.807) is 36.2 Å². The van der Waals surface area contributed by atoms with Crippen LogP contribution >= 0.6 is 12.4 Å². The summed E-state index contributed by atoms with van der Waals surface area (Å²) < 4.78 is 32.6. The molecule has 158 valence electrons. The van der Waals surface area contributed by atoms with E-state index in [9.17, 15) is 13.6 Å². The predicted octanol–water partition coefficient (Wildman–Crippen LogP) is 2.87. The van der Waals surface area contributed by atoms with Crippen molar-refractivity contribution in [2.75, 3.05) is 46.4 Å². The van der Waals surface area contributed by atoms with Crippen molar-refractivity contribution in [1.82, 2.24) is 15.1 Å². The SMILES string of the molecule is CN(CCOc1ccccc1F)C(=O)CN1CCNCC1c1cccc(F)c1.Cl. The molecule has 0 saturated carbocycles. The molecule has 1 heterocycles. The lowest BCUT2D eigenvalue weighted by molar-refractivity contribution is -0.132. The first kappa shape index (κ1) is 23.1. The second-order valence-electron chi connectivity index (χ2n) is 6.84. The fraction of sp³-hybridized carbons (Fsp3) is 0.381. The van der Waals surface area contributed by atoms with E-state index in [0.29, 0.717) is 19.6 Å². The summed E-state index contributed by atoms with van der Waals surface area (Å²) in [6.07, 6.45) is 0. The number of halogens is 3. The average Bonchev–Trinajstić information content (AvgIpc) is 2.69. The van der Waals surface area contributed by atoms with Crippen molar-refractivity contribution < 1.29 is 18.3 Å². The number of carbonyl (C=O) groups is 1. The van der Waals surface area contributed by atoms with Gasteiger partial charge in [-0.1, -0.05) is 24.3 Å². The Hall–Kier alpha value is -2.22. The summed E-state index contributed by atoms with van der Waals surface area (Å²) in [5, 5.41) is 3.30. The normalized spacial score (nSPS) is 16.7. The molecule has 2 aromatic rings. The Morgan fingerprint density at radius 3 is 2.79 bits per heavy atom. The minimum atomic E-state index is -0.421. The second-order valence-corrected chi connectivity index (χ2v) is 6.84. The van der Waals surface area contributed by atoms with Crippen LogP contribution in [-0.4, -0.2) is 62.1 Å². The highest BCUT2D eigenvalue weighted by molar-refractivity contribution is 5.85. The van der Waals surface area contributed by atoms with Crippen LogP contribution in [0.4, 0.5) is 8.78 Å². The molecule has 29 heavy (non-hydrogen) atoms. The molecule has 1 aliphatic rings. The molecule has 0 aromatic heterocycles. The van der Waals surface area contributed by atoms with Crippen LogP contribution in [0.3, 0.4) is 0 Å².